The van der Waals surface area contributed by atoms with E-state index >= 15 is 0 Å². The Morgan fingerprint density at radius 3 is 2.69 bits per heavy atom. The van der Waals surface area contributed by atoms with E-state index in [9.17, 15) is 4.79 Å². The Hall–Kier alpha value is -1.36. The molecule has 1 unspecified atom stereocenters. The fourth-order valence-corrected chi connectivity index (χ4v) is 3.24. The summed E-state index contributed by atoms with van der Waals surface area (Å²) in [5.41, 5.74) is 2.15. The van der Waals surface area contributed by atoms with Crippen LogP contribution >= 0.6 is 24.0 Å². The second-order valence-electron chi connectivity index (χ2n) is 6.50. The number of halogens is 1. The highest BCUT2D eigenvalue weighted by atomic mass is 127. The van der Waals surface area contributed by atoms with Crippen LogP contribution in [0.5, 0.6) is 0 Å². The largest absolute Gasteiger partial charge is 0.368 e. The number of rotatable bonds is 4. The smallest absolute Gasteiger partial charge is 0.251 e. The number of hydrogen-bond acceptors (Lipinski definition) is 4. The van der Waals surface area contributed by atoms with E-state index in [0.29, 0.717) is 26.2 Å². The summed E-state index contributed by atoms with van der Waals surface area (Å²) in [6, 6.07) is 0. The molecule has 26 heavy (non-hydrogen) atoms. The van der Waals surface area contributed by atoms with Crippen LogP contribution in [0.1, 0.15) is 31.0 Å². The molecule has 0 aromatic carbocycles. The molecule has 2 aliphatic heterocycles. The number of hydrogen-bond donors (Lipinski definition) is 2. The number of guanidine groups is 1. The van der Waals surface area contributed by atoms with Gasteiger partial charge in [-0.3, -0.25) is 9.89 Å². The van der Waals surface area contributed by atoms with Gasteiger partial charge in [0.25, 0.3) is 5.91 Å². The Balaban J connectivity index is 0.00000243. The first-order valence-electron chi connectivity index (χ1n) is 9.11. The molecule has 0 spiro atoms. The molecule has 0 radical (unpaired) electrons. The van der Waals surface area contributed by atoms with E-state index in [1.165, 1.54) is 0 Å². The highest BCUT2D eigenvalue weighted by Gasteiger charge is 2.30. The first kappa shape index (κ1) is 20.9. The van der Waals surface area contributed by atoms with E-state index in [0.717, 1.165) is 49.7 Å². The molecule has 2 saturated heterocycles. The van der Waals surface area contributed by atoms with Crippen LogP contribution in [-0.4, -0.2) is 77.3 Å². The minimum Gasteiger partial charge on any atom is -0.368 e. The van der Waals surface area contributed by atoms with Crippen LogP contribution in [0, 0.1) is 6.92 Å². The average molecular weight is 476 g/mol. The lowest BCUT2D eigenvalue weighted by molar-refractivity contribution is -0.142. The molecule has 1 aromatic heterocycles. The number of H-pyrrole nitrogens is 1. The molecule has 2 fully saturated rings. The molecule has 2 N–H and O–H groups in total. The second kappa shape index (κ2) is 10.1. The molecular formula is C17H29IN6O2. The topological polar surface area (TPSA) is 85.9 Å². The summed E-state index contributed by atoms with van der Waals surface area (Å²) in [6.07, 6.45) is 3.44. The van der Waals surface area contributed by atoms with Crippen molar-refractivity contribution < 1.29 is 9.53 Å². The Labute approximate surface area is 171 Å². The van der Waals surface area contributed by atoms with E-state index in [1.807, 2.05) is 18.0 Å². The number of piperazine rings is 1. The monoisotopic (exact) mass is 476 g/mol. The number of ether oxygens (including phenoxy) is 1. The number of amides is 1. The number of nitrogens with zero attached hydrogens (tertiary/aromatic N) is 4. The summed E-state index contributed by atoms with van der Waals surface area (Å²) in [5.74, 6) is 1.04. The highest BCUT2D eigenvalue weighted by Crippen LogP contribution is 2.16. The first-order chi connectivity index (χ1) is 12.2. The maximum Gasteiger partial charge on any atom is 0.251 e. The van der Waals surface area contributed by atoms with Crippen LogP contribution in [0.25, 0.3) is 0 Å². The van der Waals surface area contributed by atoms with Gasteiger partial charge in [-0.15, -0.1) is 24.0 Å². The van der Waals surface area contributed by atoms with Gasteiger partial charge in [0.05, 0.1) is 12.7 Å². The molecule has 9 heteroatoms. The number of carbonyl (C=O) groups excluding carboxylic acids is 1. The average Bonchev–Trinajstić information content (AvgIpc) is 3.30. The summed E-state index contributed by atoms with van der Waals surface area (Å²) in [5, 5.41) is 10.3. The lowest BCUT2D eigenvalue weighted by Crippen LogP contribution is -2.55. The highest BCUT2D eigenvalue weighted by molar-refractivity contribution is 14.0. The van der Waals surface area contributed by atoms with Gasteiger partial charge >= 0.3 is 0 Å². The van der Waals surface area contributed by atoms with Gasteiger partial charge < -0.3 is 19.9 Å². The minimum absolute atomic E-state index is 0. The van der Waals surface area contributed by atoms with Crippen molar-refractivity contribution in [1.29, 1.82) is 0 Å². The molecule has 0 saturated carbocycles. The fourth-order valence-electron chi connectivity index (χ4n) is 3.24. The van der Waals surface area contributed by atoms with Gasteiger partial charge in [0.15, 0.2) is 5.96 Å². The second-order valence-corrected chi connectivity index (χ2v) is 6.50. The predicted octanol–water partition coefficient (Wildman–Crippen LogP) is 1.12. The van der Waals surface area contributed by atoms with Gasteiger partial charge in [-0.25, -0.2) is 4.99 Å². The molecule has 1 amide bonds. The van der Waals surface area contributed by atoms with E-state index < -0.39 is 0 Å². The third-order valence-electron chi connectivity index (χ3n) is 4.76. The normalized spacial score (nSPS) is 20.8. The molecule has 1 aromatic rings. The predicted molar refractivity (Wildman–Crippen MR) is 111 cm³/mol. The maximum absolute atomic E-state index is 12.4. The number of aromatic amines is 1. The van der Waals surface area contributed by atoms with E-state index in [1.54, 1.807) is 0 Å². The molecular weight excluding hydrogens is 447 g/mol. The number of carbonyl (C=O) groups is 1. The van der Waals surface area contributed by atoms with Crippen molar-refractivity contribution in [1.82, 2.24) is 25.3 Å². The number of aryl methyl sites for hydroxylation is 1. The molecule has 3 heterocycles. The van der Waals surface area contributed by atoms with Gasteiger partial charge in [0.1, 0.15) is 6.10 Å². The zero-order valence-corrected chi connectivity index (χ0v) is 17.9. The summed E-state index contributed by atoms with van der Waals surface area (Å²) in [4.78, 5) is 21.3. The van der Waals surface area contributed by atoms with Gasteiger partial charge in [-0.1, -0.05) is 0 Å². The quantitative estimate of drug-likeness (QED) is 0.387. The number of aliphatic imine (C=N–C) groups is 1. The van der Waals surface area contributed by atoms with Crippen molar-refractivity contribution in [2.45, 2.75) is 39.3 Å². The van der Waals surface area contributed by atoms with Gasteiger partial charge in [-0.05, 0) is 26.7 Å². The van der Waals surface area contributed by atoms with E-state index in [-0.39, 0.29) is 36.0 Å². The van der Waals surface area contributed by atoms with Crippen molar-refractivity contribution in [2.75, 3.05) is 39.3 Å². The number of aromatic nitrogens is 2. The van der Waals surface area contributed by atoms with Crippen molar-refractivity contribution in [3.63, 3.8) is 0 Å². The van der Waals surface area contributed by atoms with Crippen LogP contribution in [0.4, 0.5) is 0 Å². The summed E-state index contributed by atoms with van der Waals surface area (Å²) in [7, 11) is 0. The Kier molecular flexibility index (Phi) is 8.14. The van der Waals surface area contributed by atoms with Gasteiger partial charge in [0, 0.05) is 50.6 Å². The Bertz CT molecular complexity index is 606. The Morgan fingerprint density at radius 2 is 2.12 bits per heavy atom. The maximum atomic E-state index is 12.4. The van der Waals surface area contributed by atoms with Crippen LogP contribution in [0.15, 0.2) is 11.2 Å². The van der Waals surface area contributed by atoms with Crippen molar-refractivity contribution in [3.05, 3.63) is 17.5 Å². The van der Waals surface area contributed by atoms with Crippen molar-refractivity contribution in [3.8, 4) is 0 Å². The molecule has 146 valence electrons. The molecule has 8 nitrogen and oxygen atoms in total. The summed E-state index contributed by atoms with van der Waals surface area (Å²) < 4.78 is 5.52. The third kappa shape index (κ3) is 5.09. The van der Waals surface area contributed by atoms with Crippen LogP contribution in [0.2, 0.25) is 0 Å². The summed E-state index contributed by atoms with van der Waals surface area (Å²) >= 11 is 0. The van der Waals surface area contributed by atoms with Crippen LogP contribution in [-0.2, 0) is 16.1 Å². The SMILES string of the molecule is CCNC(=NCc1cn[nH]c1C)N1CCN(C(=O)C2CCCO2)CC1.I. The van der Waals surface area contributed by atoms with E-state index in [4.69, 9.17) is 9.73 Å². The van der Waals surface area contributed by atoms with Crippen molar-refractivity contribution >= 4 is 35.8 Å². The van der Waals surface area contributed by atoms with Crippen LogP contribution < -0.4 is 5.32 Å². The first-order valence-corrected chi connectivity index (χ1v) is 9.11. The zero-order chi connectivity index (χ0) is 17.6. The fraction of sp³-hybridized carbons (Fsp3) is 0.706. The molecule has 2 aliphatic rings. The van der Waals surface area contributed by atoms with Crippen LogP contribution in [0.3, 0.4) is 0 Å². The minimum atomic E-state index is -0.225. The zero-order valence-electron chi connectivity index (χ0n) is 15.5. The third-order valence-corrected chi connectivity index (χ3v) is 4.76. The lowest BCUT2D eigenvalue weighted by Gasteiger charge is -2.37. The van der Waals surface area contributed by atoms with Gasteiger partial charge in [-0.2, -0.15) is 5.10 Å². The van der Waals surface area contributed by atoms with Gasteiger partial charge in [0.2, 0.25) is 0 Å². The standard InChI is InChI=1S/C17H28N6O2.HI/c1-3-18-17(19-11-14-12-20-21-13(14)2)23-8-6-22(7-9-23)16(24)15-5-4-10-25-15;/h12,15H,3-11H2,1-2H3,(H,18,19)(H,20,21);1H. The van der Waals surface area contributed by atoms with E-state index in [2.05, 4.69) is 27.3 Å². The molecule has 1 atom stereocenters. The molecule has 3 rings (SSSR count). The molecule has 0 bridgehead atoms. The number of nitrogens with one attached hydrogen (secondary N) is 2. The van der Waals surface area contributed by atoms with Crippen molar-refractivity contribution in [2.24, 2.45) is 4.99 Å². The summed E-state index contributed by atoms with van der Waals surface area (Å²) in [6.45, 7) is 9.19. The lowest BCUT2D eigenvalue weighted by atomic mass is 10.2. The molecule has 0 aliphatic carbocycles. The Morgan fingerprint density at radius 1 is 1.38 bits per heavy atom.